The molecule has 5 heteroatoms. The van der Waals surface area contributed by atoms with E-state index in [0.717, 1.165) is 36.6 Å². The molecule has 3 rings (SSSR count). The molecule has 20 heavy (non-hydrogen) atoms. The zero-order valence-corrected chi connectivity index (χ0v) is 12.5. The number of imidazole rings is 1. The Labute approximate surface area is 123 Å². The molecule has 106 valence electrons. The summed E-state index contributed by atoms with van der Waals surface area (Å²) < 4.78 is 2.20. The number of nitrogens with zero attached hydrogens (tertiary/aromatic N) is 3. The number of carbonyl (C=O) groups is 1. The lowest BCUT2D eigenvalue weighted by atomic mass is 10.0. The predicted octanol–water partition coefficient (Wildman–Crippen LogP) is 2.66. The molecule has 2 aromatic heterocycles. The lowest BCUT2D eigenvalue weighted by Gasteiger charge is -2.34. The van der Waals surface area contributed by atoms with Gasteiger partial charge in [-0.15, -0.1) is 11.3 Å². The number of rotatable bonds is 3. The van der Waals surface area contributed by atoms with Gasteiger partial charge in [-0.25, -0.2) is 4.98 Å². The van der Waals surface area contributed by atoms with Gasteiger partial charge in [0.25, 0.3) is 0 Å². The number of hydrogen-bond donors (Lipinski definition) is 0. The molecular formula is C15H19N3OS. The first-order chi connectivity index (χ1) is 9.74. The molecule has 1 aliphatic heterocycles. The van der Waals surface area contributed by atoms with Crippen LogP contribution in [-0.4, -0.2) is 33.4 Å². The average Bonchev–Trinajstić information content (AvgIpc) is 3.10. The van der Waals surface area contributed by atoms with Crippen LogP contribution in [0.3, 0.4) is 0 Å². The van der Waals surface area contributed by atoms with E-state index >= 15 is 0 Å². The van der Waals surface area contributed by atoms with Gasteiger partial charge in [0, 0.05) is 30.4 Å². The summed E-state index contributed by atoms with van der Waals surface area (Å²) in [6.45, 7) is 3.71. The minimum atomic E-state index is 0.245. The number of amides is 1. The number of carbonyl (C=O) groups excluding carboxylic acids is 1. The molecule has 1 aliphatic rings. The van der Waals surface area contributed by atoms with Crippen molar-refractivity contribution < 1.29 is 4.79 Å². The van der Waals surface area contributed by atoms with Gasteiger partial charge in [-0.05, 0) is 31.2 Å². The quantitative estimate of drug-likeness (QED) is 0.871. The monoisotopic (exact) mass is 289 g/mol. The molecule has 1 atom stereocenters. The van der Waals surface area contributed by atoms with Crippen LogP contribution in [0.2, 0.25) is 0 Å². The first-order valence-corrected chi connectivity index (χ1v) is 7.91. The van der Waals surface area contributed by atoms with Gasteiger partial charge in [0.2, 0.25) is 5.91 Å². The Morgan fingerprint density at radius 1 is 1.55 bits per heavy atom. The zero-order valence-electron chi connectivity index (χ0n) is 11.7. The van der Waals surface area contributed by atoms with Crippen molar-refractivity contribution >= 4 is 17.2 Å². The van der Waals surface area contributed by atoms with Crippen molar-refractivity contribution in [3.05, 3.63) is 40.6 Å². The Morgan fingerprint density at radius 2 is 2.45 bits per heavy atom. The SMILES string of the molecule is Cc1nccn1[C@@H]1CCCN(C(=O)Cc2cccs2)C1. The number of piperidine rings is 1. The Hall–Kier alpha value is -1.62. The summed E-state index contributed by atoms with van der Waals surface area (Å²) in [4.78, 5) is 19.8. The normalized spacial score (nSPS) is 19.2. The Kier molecular flexibility index (Phi) is 3.87. The predicted molar refractivity (Wildman–Crippen MR) is 79.8 cm³/mol. The summed E-state index contributed by atoms with van der Waals surface area (Å²) in [5.41, 5.74) is 0. The first kappa shape index (κ1) is 13.4. The highest BCUT2D eigenvalue weighted by Gasteiger charge is 2.25. The Balaban J connectivity index is 1.66. The van der Waals surface area contributed by atoms with E-state index in [1.165, 1.54) is 0 Å². The molecule has 4 nitrogen and oxygen atoms in total. The lowest BCUT2D eigenvalue weighted by molar-refractivity contribution is -0.132. The highest BCUT2D eigenvalue weighted by atomic mass is 32.1. The molecule has 0 spiro atoms. The summed E-state index contributed by atoms with van der Waals surface area (Å²) in [6.07, 6.45) is 6.58. The second-order valence-electron chi connectivity index (χ2n) is 5.27. The van der Waals surface area contributed by atoms with Crippen molar-refractivity contribution in [2.75, 3.05) is 13.1 Å². The molecule has 0 radical (unpaired) electrons. The van der Waals surface area contributed by atoms with Crippen LogP contribution in [0.5, 0.6) is 0 Å². The third-order valence-corrected chi connectivity index (χ3v) is 4.79. The van der Waals surface area contributed by atoms with Crippen molar-refractivity contribution in [2.24, 2.45) is 0 Å². The molecule has 0 N–H and O–H groups in total. The van der Waals surface area contributed by atoms with E-state index in [-0.39, 0.29) is 5.91 Å². The van der Waals surface area contributed by atoms with E-state index in [4.69, 9.17) is 0 Å². The summed E-state index contributed by atoms with van der Waals surface area (Å²) in [7, 11) is 0. The van der Waals surface area contributed by atoms with Gasteiger partial charge in [0.15, 0.2) is 0 Å². The Bertz CT molecular complexity index is 576. The smallest absolute Gasteiger partial charge is 0.227 e. The minimum absolute atomic E-state index is 0.245. The molecule has 0 unspecified atom stereocenters. The van der Waals surface area contributed by atoms with Gasteiger partial charge in [-0.3, -0.25) is 4.79 Å². The average molecular weight is 289 g/mol. The van der Waals surface area contributed by atoms with E-state index in [9.17, 15) is 4.79 Å². The van der Waals surface area contributed by atoms with Crippen LogP contribution in [0.4, 0.5) is 0 Å². The number of aromatic nitrogens is 2. The fourth-order valence-corrected chi connectivity index (χ4v) is 3.55. The third-order valence-electron chi connectivity index (χ3n) is 3.91. The highest BCUT2D eigenvalue weighted by molar-refractivity contribution is 7.10. The van der Waals surface area contributed by atoms with Crippen LogP contribution in [-0.2, 0) is 11.2 Å². The van der Waals surface area contributed by atoms with E-state index in [1.54, 1.807) is 11.3 Å². The molecule has 0 saturated carbocycles. The van der Waals surface area contributed by atoms with Crippen molar-refractivity contribution in [3.63, 3.8) is 0 Å². The second-order valence-corrected chi connectivity index (χ2v) is 6.31. The summed E-state index contributed by atoms with van der Waals surface area (Å²) in [6, 6.07) is 4.41. The molecule has 0 aliphatic carbocycles. The number of likely N-dealkylation sites (tertiary alicyclic amines) is 1. The molecule has 3 heterocycles. The fourth-order valence-electron chi connectivity index (χ4n) is 2.86. The molecule has 0 aromatic carbocycles. The van der Waals surface area contributed by atoms with Crippen molar-refractivity contribution in [1.82, 2.24) is 14.5 Å². The number of aryl methyl sites for hydroxylation is 1. The minimum Gasteiger partial charge on any atom is -0.340 e. The maximum absolute atomic E-state index is 12.4. The number of hydrogen-bond acceptors (Lipinski definition) is 3. The van der Waals surface area contributed by atoms with Gasteiger partial charge in [-0.1, -0.05) is 6.07 Å². The van der Waals surface area contributed by atoms with E-state index in [1.807, 2.05) is 41.7 Å². The summed E-state index contributed by atoms with van der Waals surface area (Å²) >= 11 is 1.65. The van der Waals surface area contributed by atoms with Crippen LogP contribution in [0.15, 0.2) is 29.9 Å². The lowest BCUT2D eigenvalue weighted by Crippen LogP contribution is -2.41. The molecule has 1 amide bonds. The molecule has 1 fully saturated rings. The van der Waals surface area contributed by atoms with Crippen molar-refractivity contribution in [1.29, 1.82) is 0 Å². The van der Waals surface area contributed by atoms with Gasteiger partial charge < -0.3 is 9.47 Å². The highest BCUT2D eigenvalue weighted by Crippen LogP contribution is 2.23. The number of thiophene rings is 1. The van der Waals surface area contributed by atoms with E-state index < -0.39 is 0 Å². The zero-order chi connectivity index (χ0) is 13.9. The van der Waals surface area contributed by atoms with E-state index in [0.29, 0.717) is 12.5 Å². The van der Waals surface area contributed by atoms with Crippen LogP contribution >= 0.6 is 11.3 Å². The largest absolute Gasteiger partial charge is 0.340 e. The Morgan fingerprint density at radius 3 is 3.15 bits per heavy atom. The van der Waals surface area contributed by atoms with Crippen LogP contribution < -0.4 is 0 Å². The van der Waals surface area contributed by atoms with Crippen LogP contribution in [0, 0.1) is 6.92 Å². The summed E-state index contributed by atoms with van der Waals surface area (Å²) in [5.74, 6) is 1.28. The maximum atomic E-state index is 12.4. The molecule has 1 saturated heterocycles. The molecule has 0 bridgehead atoms. The molecule has 2 aromatic rings. The molecular weight excluding hydrogens is 270 g/mol. The standard InChI is InChI=1S/C15H19N3OS/c1-12-16-6-8-18(12)13-4-2-7-17(11-13)15(19)10-14-5-3-9-20-14/h3,5-6,8-9,13H,2,4,7,10-11H2,1H3/t13-/m1/s1. The van der Waals surface area contributed by atoms with Crippen molar-refractivity contribution in [2.45, 2.75) is 32.2 Å². The van der Waals surface area contributed by atoms with Gasteiger partial charge in [0.1, 0.15) is 5.82 Å². The van der Waals surface area contributed by atoms with Gasteiger partial charge in [0.05, 0.1) is 12.5 Å². The van der Waals surface area contributed by atoms with Crippen molar-refractivity contribution in [3.8, 4) is 0 Å². The summed E-state index contributed by atoms with van der Waals surface area (Å²) in [5, 5.41) is 2.02. The van der Waals surface area contributed by atoms with Crippen LogP contribution in [0.1, 0.15) is 29.6 Å². The van der Waals surface area contributed by atoms with Gasteiger partial charge >= 0.3 is 0 Å². The first-order valence-electron chi connectivity index (χ1n) is 7.03. The topological polar surface area (TPSA) is 38.1 Å². The maximum Gasteiger partial charge on any atom is 0.227 e. The fraction of sp³-hybridized carbons (Fsp3) is 0.467. The second kappa shape index (κ2) is 5.79. The van der Waals surface area contributed by atoms with E-state index in [2.05, 4.69) is 9.55 Å². The van der Waals surface area contributed by atoms with Gasteiger partial charge in [-0.2, -0.15) is 0 Å². The van der Waals surface area contributed by atoms with Crippen LogP contribution in [0.25, 0.3) is 0 Å². The third kappa shape index (κ3) is 2.77.